The predicted octanol–water partition coefficient (Wildman–Crippen LogP) is 2.86. The fourth-order valence-corrected chi connectivity index (χ4v) is 3.73. The maximum Gasteiger partial charge on any atom is 0.322 e. The average Bonchev–Trinajstić information content (AvgIpc) is 3.22. The topological polar surface area (TPSA) is 105 Å². The molecular formula is C24H30ClN5O4. The number of β-amino-alcohol motifs (C(OH)–C–C–N with tert-alkyl or cyclic N) is 1. The van der Waals surface area contributed by atoms with Crippen molar-refractivity contribution in [3.63, 3.8) is 0 Å². The van der Waals surface area contributed by atoms with Crippen molar-refractivity contribution in [2.45, 2.75) is 25.5 Å². The summed E-state index contributed by atoms with van der Waals surface area (Å²) in [7, 11) is 3.58. The molecule has 4 amide bonds. The molecule has 1 heterocycles. The second kappa shape index (κ2) is 11.3. The van der Waals surface area contributed by atoms with Gasteiger partial charge in [0.15, 0.2) is 0 Å². The molecule has 1 aliphatic rings. The summed E-state index contributed by atoms with van der Waals surface area (Å²) in [5, 5.41) is 16.2. The van der Waals surface area contributed by atoms with E-state index in [0.29, 0.717) is 28.6 Å². The van der Waals surface area contributed by atoms with Crippen LogP contribution in [0.25, 0.3) is 0 Å². The maximum atomic E-state index is 12.9. The van der Waals surface area contributed by atoms with E-state index < -0.39 is 24.1 Å². The second-order valence-corrected chi connectivity index (χ2v) is 8.75. The molecule has 0 spiro atoms. The normalized spacial score (nSPS) is 17.5. The first kappa shape index (κ1) is 25.5. The van der Waals surface area contributed by atoms with E-state index in [1.165, 1.54) is 4.90 Å². The number of likely N-dealkylation sites (tertiary alicyclic amines) is 1. The number of carbonyl (C=O) groups is 3. The monoisotopic (exact) mass is 487 g/mol. The number of aliphatic hydroxyl groups is 1. The number of anilines is 3. The van der Waals surface area contributed by atoms with Crippen LogP contribution in [-0.4, -0.2) is 78.6 Å². The molecule has 3 N–H and O–H groups in total. The van der Waals surface area contributed by atoms with Crippen LogP contribution in [0.2, 0.25) is 5.02 Å². The Morgan fingerprint density at radius 2 is 1.62 bits per heavy atom. The van der Waals surface area contributed by atoms with Crippen molar-refractivity contribution in [1.29, 1.82) is 0 Å². The highest BCUT2D eigenvalue weighted by Gasteiger charge is 2.39. The van der Waals surface area contributed by atoms with E-state index in [4.69, 9.17) is 11.6 Å². The zero-order chi connectivity index (χ0) is 24.8. The van der Waals surface area contributed by atoms with Crippen molar-refractivity contribution in [3.8, 4) is 0 Å². The number of hydrogen-bond acceptors (Lipinski definition) is 5. The van der Waals surface area contributed by atoms with Gasteiger partial charge in [0.05, 0.1) is 12.6 Å². The SMILES string of the molecule is CCN(C)CC(=O)N(C)c1ccc(NC(=O)[C@H]2C[C@@H](O)CN2C(=O)Nc2ccc(Cl)cc2)cc1. The first-order valence-electron chi connectivity index (χ1n) is 11.0. The molecule has 2 aromatic rings. The molecule has 1 fully saturated rings. The van der Waals surface area contributed by atoms with Crippen LogP contribution in [0.3, 0.4) is 0 Å². The first-order chi connectivity index (χ1) is 16.2. The molecule has 34 heavy (non-hydrogen) atoms. The summed E-state index contributed by atoms with van der Waals surface area (Å²) >= 11 is 5.87. The number of carbonyl (C=O) groups excluding carboxylic acids is 3. The Kier molecular flexibility index (Phi) is 8.49. The third-order valence-corrected chi connectivity index (χ3v) is 6.03. The molecule has 3 rings (SSSR count). The molecule has 0 aliphatic carbocycles. The van der Waals surface area contributed by atoms with Crippen LogP contribution in [0, 0.1) is 0 Å². The quantitative estimate of drug-likeness (QED) is 0.557. The number of halogens is 1. The summed E-state index contributed by atoms with van der Waals surface area (Å²) in [4.78, 5) is 42.8. The average molecular weight is 488 g/mol. The lowest BCUT2D eigenvalue weighted by atomic mass is 10.1. The smallest absolute Gasteiger partial charge is 0.322 e. The van der Waals surface area contributed by atoms with Crippen molar-refractivity contribution >= 4 is 46.5 Å². The Balaban J connectivity index is 1.62. The van der Waals surface area contributed by atoms with Gasteiger partial charge in [0, 0.05) is 42.1 Å². The van der Waals surface area contributed by atoms with Crippen molar-refractivity contribution < 1.29 is 19.5 Å². The van der Waals surface area contributed by atoms with Crippen LogP contribution < -0.4 is 15.5 Å². The lowest BCUT2D eigenvalue weighted by Crippen LogP contribution is -2.45. The molecule has 9 nitrogen and oxygen atoms in total. The highest BCUT2D eigenvalue weighted by Crippen LogP contribution is 2.23. The molecule has 0 radical (unpaired) electrons. The molecule has 1 aliphatic heterocycles. The number of urea groups is 1. The van der Waals surface area contributed by atoms with E-state index in [1.54, 1.807) is 60.5 Å². The lowest BCUT2D eigenvalue weighted by Gasteiger charge is -2.24. The fourth-order valence-electron chi connectivity index (χ4n) is 3.60. The van der Waals surface area contributed by atoms with Gasteiger partial charge in [-0.25, -0.2) is 4.79 Å². The number of benzene rings is 2. The van der Waals surface area contributed by atoms with Gasteiger partial charge < -0.3 is 25.5 Å². The van der Waals surface area contributed by atoms with Gasteiger partial charge in [0.2, 0.25) is 11.8 Å². The number of nitrogens with zero attached hydrogens (tertiary/aromatic N) is 3. The molecule has 0 saturated carbocycles. The molecule has 10 heteroatoms. The van der Waals surface area contributed by atoms with Crippen molar-refractivity contribution in [1.82, 2.24) is 9.80 Å². The van der Waals surface area contributed by atoms with Gasteiger partial charge in [-0.1, -0.05) is 18.5 Å². The summed E-state index contributed by atoms with van der Waals surface area (Å²) in [6.07, 6.45) is -0.657. The molecular weight excluding hydrogens is 458 g/mol. The Bertz CT molecular complexity index is 1020. The van der Waals surface area contributed by atoms with Crippen LogP contribution >= 0.6 is 11.6 Å². The van der Waals surface area contributed by atoms with E-state index in [9.17, 15) is 19.5 Å². The summed E-state index contributed by atoms with van der Waals surface area (Å²) in [6, 6.07) is 12.2. The largest absolute Gasteiger partial charge is 0.391 e. The minimum absolute atomic E-state index is 0.0385. The highest BCUT2D eigenvalue weighted by molar-refractivity contribution is 6.30. The molecule has 2 atom stereocenters. The fraction of sp³-hybridized carbons (Fsp3) is 0.375. The zero-order valence-electron chi connectivity index (χ0n) is 19.5. The summed E-state index contributed by atoms with van der Waals surface area (Å²) < 4.78 is 0. The molecule has 1 saturated heterocycles. The van der Waals surface area contributed by atoms with Crippen LogP contribution in [0.15, 0.2) is 48.5 Å². The van der Waals surface area contributed by atoms with Crippen LogP contribution in [0.1, 0.15) is 13.3 Å². The Morgan fingerprint density at radius 1 is 1.03 bits per heavy atom. The first-order valence-corrected chi connectivity index (χ1v) is 11.4. The molecule has 182 valence electrons. The van der Waals surface area contributed by atoms with Gasteiger partial charge in [-0.15, -0.1) is 0 Å². The van der Waals surface area contributed by atoms with Gasteiger partial charge in [0.1, 0.15) is 6.04 Å². The van der Waals surface area contributed by atoms with Gasteiger partial charge >= 0.3 is 6.03 Å². The van der Waals surface area contributed by atoms with Crippen molar-refractivity contribution in [2.75, 3.05) is 49.3 Å². The third-order valence-electron chi connectivity index (χ3n) is 5.78. The zero-order valence-corrected chi connectivity index (χ0v) is 20.2. The van der Waals surface area contributed by atoms with Crippen LogP contribution in [-0.2, 0) is 9.59 Å². The van der Waals surface area contributed by atoms with Crippen LogP contribution in [0.4, 0.5) is 21.9 Å². The minimum Gasteiger partial charge on any atom is -0.391 e. The number of likely N-dealkylation sites (N-methyl/N-ethyl adjacent to an activating group) is 2. The minimum atomic E-state index is -0.823. The molecule has 0 bridgehead atoms. The summed E-state index contributed by atoms with van der Waals surface area (Å²) in [5.74, 6) is -0.437. The van der Waals surface area contributed by atoms with Gasteiger partial charge in [-0.2, -0.15) is 0 Å². The van der Waals surface area contributed by atoms with Crippen molar-refractivity contribution in [3.05, 3.63) is 53.6 Å². The highest BCUT2D eigenvalue weighted by atomic mass is 35.5. The molecule has 2 aromatic carbocycles. The van der Waals surface area contributed by atoms with E-state index in [0.717, 1.165) is 6.54 Å². The third kappa shape index (κ3) is 6.47. The number of rotatable bonds is 7. The van der Waals surface area contributed by atoms with Crippen molar-refractivity contribution in [2.24, 2.45) is 0 Å². The summed E-state index contributed by atoms with van der Waals surface area (Å²) in [5.41, 5.74) is 1.77. The number of aliphatic hydroxyl groups excluding tert-OH is 1. The maximum absolute atomic E-state index is 12.9. The van der Waals surface area contributed by atoms with Crippen LogP contribution in [0.5, 0.6) is 0 Å². The Morgan fingerprint density at radius 3 is 2.24 bits per heavy atom. The Labute approximate surface area is 204 Å². The lowest BCUT2D eigenvalue weighted by molar-refractivity contribution is -0.120. The standard InChI is InChI=1S/C24H30ClN5O4/c1-4-28(2)15-22(32)29(3)19-11-9-17(10-12-19)26-23(33)21-13-20(31)14-30(21)24(34)27-18-7-5-16(25)6-8-18/h5-12,20-21,31H,4,13-15H2,1-3H3,(H,26,33)(H,27,34)/t20-,21-/m1/s1. The summed E-state index contributed by atoms with van der Waals surface area (Å²) in [6.45, 7) is 3.12. The molecule has 0 unspecified atom stereocenters. The van der Waals surface area contributed by atoms with Gasteiger partial charge in [-0.3, -0.25) is 14.5 Å². The molecule has 0 aromatic heterocycles. The van der Waals surface area contributed by atoms with Gasteiger partial charge in [0.25, 0.3) is 0 Å². The number of hydrogen-bond donors (Lipinski definition) is 3. The number of nitrogens with one attached hydrogen (secondary N) is 2. The predicted molar refractivity (Wildman–Crippen MR) is 133 cm³/mol. The van der Waals surface area contributed by atoms with E-state index in [1.807, 2.05) is 18.9 Å². The van der Waals surface area contributed by atoms with Gasteiger partial charge in [-0.05, 0) is 62.1 Å². The number of amides is 4. The van der Waals surface area contributed by atoms with E-state index in [2.05, 4.69) is 10.6 Å². The van der Waals surface area contributed by atoms with E-state index >= 15 is 0 Å². The Hall–Kier alpha value is -3.14. The second-order valence-electron chi connectivity index (χ2n) is 8.31. The van der Waals surface area contributed by atoms with E-state index in [-0.39, 0.29) is 18.9 Å².